The molecule has 1 fully saturated rings. The van der Waals surface area contributed by atoms with Crippen molar-refractivity contribution < 1.29 is 9.50 Å². The monoisotopic (exact) mass is 265 g/mol. The van der Waals surface area contributed by atoms with Gasteiger partial charge in [-0.2, -0.15) is 0 Å². The molecule has 0 aromatic heterocycles. The molecule has 0 aliphatic heterocycles. The minimum atomic E-state index is -0.149. The van der Waals surface area contributed by atoms with E-state index in [0.29, 0.717) is 5.56 Å². The molecule has 1 aliphatic carbocycles. The van der Waals surface area contributed by atoms with Gasteiger partial charge in [-0.3, -0.25) is 0 Å². The zero-order chi connectivity index (χ0) is 13.9. The summed E-state index contributed by atoms with van der Waals surface area (Å²) in [6, 6.07) is 5.50. The minimum Gasteiger partial charge on any atom is -0.396 e. The number of halogens is 1. The first-order valence-corrected chi connectivity index (χ1v) is 7.17. The van der Waals surface area contributed by atoms with E-state index >= 15 is 0 Å². The first-order chi connectivity index (χ1) is 9.06. The Morgan fingerprint density at radius 3 is 2.63 bits per heavy atom. The SMILES string of the molecule is Cc1ccc(C(C)NCC2(CO)CCCC2)cc1F. The standard InChI is InChI=1S/C16H24FNO/c1-12-5-6-14(9-15(12)17)13(2)18-10-16(11-19)7-3-4-8-16/h5-6,9,13,18-19H,3-4,7-8,10-11H2,1-2H3. The summed E-state index contributed by atoms with van der Waals surface area (Å²) < 4.78 is 13.6. The lowest BCUT2D eigenvalue weighted by Gasteiger charge is -2.29. The lowest BCUT2D eigenvalue weighted by Crippen LogP contribution is -2.36. The maximum Gasteiger partial charge on any atom is 0.126 e. The molecule has 1 unspecified atom stereocenters. The van der Waals surface area contributed by atoms with Crippen molar-refractivity contribution in [3.8, 4) is 0 Å². The maximum absolute atomic E-state index is 13.6. The maximum atomic E-state index is 13.6. The quantitative estimate of drug-likeness (QED) is 0.856. The van der Waals surface area contributed by atoms with E-state index in [1.54, 1.807) is 13.0 Å². The third-order valence-electron chi connectivity index (χ3n) is 4.48. The molecule has 106 valence electrons. The van der Waals surface area contributed by atoms with Crippen LogP contribution in [0.15, 0.2) is 18.2 Å². The summed E-state index contributed by atoms with van der Waals surface area (Å²) in [7, 11) is 0. The highest BCUT2D eigenvalue weighted by atomic mass is 19.1. The molecule has 0 bridgehead atoms. The van der Waals surface area contributed by atoms with E-state index in [0.717, 1.165) is 24.9 Å². The van der Waals surface area contributed by atoms with Crippen LogP contribution in [0.3, 0.4) is 0 Å². The summed E-state index contributed by atoms with van der Waals surface area (Å²) in [6.45, 7) is 4.87. The van der Waals surface area contributed by atoms with Gasteiger partial charge in [0.1, 0.15) is 5.82 Å². The molecule has 0 heterocycles. The van der Waals surface area contributed by atoms with Crippen molar-refractivity contribution in [2.75, 3.05) is 13.2 Å². The molecule has 1 atom stereocenters. The molecule has 3 heteroatoms. The predicted molar refractivity (Wildman–Crippen MR) is 75.5 cm³/mol. The lowest BCUT2D eigenvalue weighted by molar-refractivity contribution is 0.125. The molecule has 1 aromatic rings. The van der Waals surface area contributed by atoms with Crippen LogP contribution in [-0.2, 0) is 0 Å². The Morgan fingerprint density at radius 2 is 2.05 bits per heavy atom. The van der Waals surface area contributed by atoms with Gasteiger partial charge in [-0.15, -0.1) is 0 Å². The van der Waals surface area contributed by atoms with Crippen LogP contribution in [0.25, 0.3) is 0 Å². The second-order valence-electron chi connectivity index (χ2n) is 5.98. The van der Waals surface area contributed by atoms with Gasteiger partial charge in [0, 0.05) is 24.6 Å². The van der Waals surface area contributed by atoms with Gasteiger partial charge >= 0.3 is 0 Å². The molecule has 1 aromatic carbocycles. The van der Waals surface area contributed by atoms with Crippen LogP contribution in [0.2, 0.25) is 0 Å². The fourth-order valence-corrected chi connectivity index (χ4v) is 2.88. The van der Waals surface area contributed by atoms with Gasteiger partial charge in [-0.1, -0.05) is 25.0 Å². The Bertz CT molecular complexity index is 427. The van der Waals surface area contributed by atoms with Gasteiger partial charge < -0.3 is 10.4 Å². The number of aryl methyl sites for hydroxylation is 1. The molecule has 0 spiro atoms. The predicted octanol–water partition coefficient (Wildman–Crippen LogP) is 3.34. The molecule has 19 heavy (non-hydrogen) atoms. The van der Waals surface area contributed by atoms with Crippen molar-refractivity contribution in [1.82, 2.24) is 5.32 Å². The molecule has 0 saturated heterocycles. The van der Waals surface area contributed by atoms with Crippen LogP contribution in [-0.4, -0.2) is 18.3 Å². The van der Waals surface area contributed by atoms with Crippen LogP contribution in [0.5, 0.6) is 0 Å². The number of hydrogen-bond acceptors (Lipinski definition) is 2. The van der Waals surface area contributed by atoms with Crippen LogP contribution < -0.4 is 5.32 Å². The molecule has 2 N–H and O–H groups in total. The van der Waals surface area contributed by atoms with E-state index in [2.05, 4.69) is 5.32 Å². The first kappa shape index (κ1) is 14.5. The third kappa shape index (κ3) is 3.34. The van der Waals surface area contributed by atoms with Crippen molar-refractivity contribution in [2.45, 2.75) is 45.6 Å². The number of nitrogens with one attached hydrogen (secondary N) is 1. The average Bonchev–Trinajstić information content (AvgIpc) is 2.89. The largest absolute Gasteiger partial charge is 0.396 e. The molecule has 2 rings (SSSR count). The zero-order valence-corrected chi connectivity index (χ0v) is 11.9. The fraction of sp³-hybridized carbons (Fsp3) is 0.625. The summed E-state index contributed by atoms with van der Waals surface area (Å²) in [4.78, 5) is 0. The zero-order valence-electron chi connectivity index (χ0n) is 11.9. The number of hydrogen-bond donors (Lipinski definition) is 2. The van der Waals surface area contributed by atoms with Crippen molar-refractivity contribution in [3.05, 3.63) is 35.1 Å². The van der Waals surface area contributed by atoms with E-state index in [1.165, 1.54) is 12.8 Å². The smallest absolute Gasteiger partial charge is 0.126 e. The van der Waals surface area contributed by atoms with Gasteiger partial charge in [0.2, 0.25) is 0 Å². The van der Waals surface area contributed by atoms with Crippen molar-refractivity contribution in [3.63, 3.8) is 0 Å². The Morgan fingerprint density at radius 1 is 1.37 bits per heavy atom. The van der Waals surface area contributed by atoms with Crippen molar-refractivity contribution >= 4 is 0 Å². The Kier molecular flexibility index (Phi) is 4.58. The molecular weight excluding hydrogens is 241 g/mol. The minimum absolute atomic E-state index is 0.0392. The van der Waals surface area contributed by atoms with Gasteiger partial charge in [-0.25, -0.2) is 4.39 Å². The summed E-state index contributed by atoms with van der Waals surface area (Å²) in [5.74, 6) is -0.149. The van der Waals surface area contributed by atoms with E-state index in [-0.39, 0.29) is 23.9 Å². The molecular formula is C16H24FNO. The second kappa shape index (κ2) is 6.02. The topological polar surface area (TPSA) is 32.3 Å². The van der Waals surface area contributed by atoms with Crippen molar-refractivity contribution in [1.29, 1.82) is 0 Å². The Balaban J connectivity index is 1.96. The van der Waals surface area contributed by atoms with Gasteiger partial charge in [-0.05, 0) is 43.9 Å². The summed E-state index contributed by atoms with van der Waals surface area (Å²) in [5.41, 5.74) is 1.69. The van der Waals surface area contributed by atoms with Crippen LogP contribution in [0.4, 0.5) is 4.39 Å². The number of aliphatic hydroxyl groups is 1. The number of benzene rings is 1. The fourth-order valence-electron chi connectivity index (χ4n) is 2.88. The first-order valence-electron chi connectivity index (χ1n) is 7.17. The van der Waals surface area contributed by atoms with Gasteiger partial charge in [0.05, 0.1) is 0 Å². The molecule has 1 saturated carbocycles. The summed E-state index contributed by atoms with van der Waals surface area (Å²) in [5, 5.41) is 13.0. The Hall–Kier alpha value is -0.930. The van der Waals surface area contributed by atoms with E-state index in [1.807, 2.05) is 19.1 Å². The highest BCUT2D eigenvalue weighted by Crippen LogP contribution is 2.37. The van der Waals surface area contributed by atoms with Gasteiger partial charge in [0.25, 0.3) is 0 Å². The molecule has 1 aliphatic rings. The third-order valence-corrected chi connectivity index (χ3v) is 4.48. The normalized spacial score (nSPS) is 19.6. The van der Waals surface area contributed by atoms with Crippen molar-refractivity contribution in [2.24, 2.45) is 5.41 Å². The van der Waals surface area contributed by atoms with E-state index < -0.39 is 0 Å². The van der Waals surface area contributed by atoms with E-state index in [9.17, 15) is 9.50 Å². The number of rotatable bonds is 5. The lowest BCUT2D eigenvalue weighted by atomic mass is 9.87. The van der Waals surface area contributed by atoms with Crippen LogP contribution in [0.1, 0.15) is 49.8 Å². The average molecular weight is 265 g/mol. The summed E-state index contributed by atoms with van der Waals surface area (Å²) in [6.07, 6.45) is 4.59. The highest BCUT2D eigenvalue weighted by Gasteiger charge is 2.33. The van der Waals surface area contributed by atoms with Gasteiger partial charge in [0.15, 0.2) is 0 Å². The summed E-state index contributed by atoms with van der Waals surface area (Å²) >= 11 is 0. The molecule has 0 radical (unpaired) electrons. The van der Waals surface area contributed by atoms with Crippen LogP contribution >= 0.6 is 0 Å². The highest BCUT2D eigenvalue weighted by molar-refractivity contribution is 5.25. The number of aliphatic hydroxyl groups excluding tert-OH is 1. The Labute approximate surface area is 115 Å². The molecule has 2 nitrogen and oxygen atoms in total. The van der Waals surface area contributed by atoms with E-state index in [4.69, 9.17) is 0 Å². The van der Waals surface area contributed by atoms with Crippen LogP contribution in [0, 0.1) is 18.2 Å². The second-order valence-corrected chi connectivity index (χ2v) is 5.98. The molecule has 0 amide bonds.